The van der Waals surface area contributed by atoms with Gasteiger partial charge in [0.2, 0.25) is 0 Å². The Morgan fingerprint density at radius 2 is 2.00 bits per heavy atom. The number of thiazole rings is 1. The van der Waals surface area contributed by atoms with E-state index < -0.39 is 0 Å². The lowest BCUT2D eigenvalue weighted by Crippen LogP contribution is -1.99. The summed E-state index contributed by atoms with van der Waals surface area (Å²) < 4.78 is 10.8. The minimum atomic E-state index is 0.357. The van der Waals surface area contributed by atoms with Gasteiger partial charge in [0.25, 0.3) is 0 Å². The molecule has 4 nitrogen and oxygen atoms in total. The summed E-state index contributed by atoms with van der Waals surface area (Å²) in [4.78, 5) is 5.86. The Balaban J connectivity index is 2.57. The first-order valence-corrected chi connectivity index (χ1v) is 7.35. The number of methoxy groups -OCH3 is 2. The summed E-state index contributed by atoms with van der Waals surface area (Å²) in [5.74, 6) is 1.78. The Labute approximate surface area is 123 Å². The highest BCUT2D eigenvalue weighted by molar-refractivity contribution is 7.15. The van der Waals surface area contributed by atoms with Crippen LogP contribution in [0.2, 0.25) is 0 Å². The Morgan fingerprint density at radius 3 is 2.50 bits per heavy atom. The molecule has 0 saturated heterocycles. The lowest BCUT2D eigenvalue weighted by Gasteiger charge is -2.10. The van der Waals surface area contributed by atoms with E-state index in [0.29, 0.717) is 24.0 Å². The SMILES string of the molecule is COc1cccc(-c2nc(C(C)C)c(CN)s2)c1OC. The van der Waals surface area contributed by atoms with Crippen molar-refractivity contribution in [2.45, 2.75) is 26.3 Å². The molecule has 20 heavy (non-hydrogen) atoms. The summed E-state index contributed by atoms with van der Waals surface area (Å²) in [7, 11) is 3.27. The Bertz CT molecular complexity index is 594. The normalized spacial score (nSPS) is 10.9. The van der Waals surface area contributed by atoms with E-state index in [9.17, 15) is 0 Å². The molecule has 1 heterocycles. The number of ether oxygens (including phenoxy) is 2. The number of rotatable bonds is 5. The van der Waals surface area contributed by atoms with Crippen LogP contribution in [-0.4, -0.2) is 19.2 Å². The number of hydrogen-bond acceptors (Lipinski definition) is 5. The van der Waals surface area contributed by atoms with Crippen LogP contribution in [0.25, 0.3) is 10.6 Å². The van der Waals surface area contributed by atoms with Gasteiger partial charge in [0.05, 0.1) is 25.5 Å². The van der Waals surface area contributed by atoms with Gasteiger partial charge in [0.1, 0.15) is 5.01 Å². The molecule has 0 aliphatic carbocycles. The van der Waals surface area contributed by atoms with Crippen molar-refractivity contribution in [3.63, 3.8) is 0 Å². The Kier molecular flexibility index (Phi) is 4.62. The second-order valence-electron chi connectivity index (χ2n) is 4.73. The van der Waals surface area contributed by atoms with Crippen LogP contribution in [0, 0.1) is 0 Å². The zero-order valence-corrected chi connectivity index (χ0v) is 13.1. The molecule has 2 aromatic rings. The van der Waals surface area contributed by atoms with Crippen molar-refractivity contribution in [2.75, 3.05) is 14.2 Å². The maximum Gasteiger partial charge on any atom is 0.170 e. The van der Waals surface area contributed by atoms with Crippen LogP contribution < -0.4 is 15.2 Å². The van der Waals surface area contributed by atoms with E-state index in [0.717, 1.165) is 21.1 Å². The summed E-state index contributed by atoms with van der Waals surface area (Å²) in [5, 5.41) is 0.921. The van der Waals surface area contributed by atoms with Crippen LogP contribution >= 0.6 is 11.3 Å². The monoisotopic (exact) mass is 292 g/mol. The number of para-hydroxylation sites is 1. The van der Waals surface area contributed by atoms with Gasteiger partial charge in [0, 0.05) is 11.4 Å². The number of benzene rings is 1. The van der Waals surface area contributed by atoms with Gasteiger partial charge in [-0.15, -0.1) is 11.3 Å². The number of hydrogen-bond donors (Lipinski definition) is 1. The van der Waals surface area contributed by atoms with E-state index in [2.05, 4.69) is 13.8 Å². The third-order valence-electron chi connectivity index (χ3n) is 3.09. The summed E-state index contributed by atoms with van der Waals surface area (Å²) in [6, 6.07) is 5.81. The smallest absolute Gasteiger partial charge is 0.170 e. The first-order chi connectivity index (χ1) is 9.62. The van der Waals surface area contributed by atoms with Crippen LogP contribution in [-0.2, 0) is 6.54 Å². The molecule has 0 radical (unpaired) electrons. The molecule has 1 aromatic carbocycles. The summed E-state index contributed by atoms with van der Waals surface area (Å²) in [5.41, 5.74) is 7.83. The van der Waals surface area contributed by atoms with Crippen LogP contribution in [0.1, 0.15) is 30.3 Å². The fourth-order valence-electron chi connectivity index (χ4n) is 2.13. The highest BCUT2D eigenvalue weighted by Gasteiger charge is 2.18. The van der Waals surface area contributed by atoms with Crippen molar-refractivity contribution in [2.24, 2.45) is 5.73 Å². The maximum absolute atomic E-state index is 5.82. The molecular weight excluding hydrogens is 272 g/mol. The second-order valence-corrected chi connectivity index (χ2v) is 5.81. The minimum Gasteiger partial charge on any atom is -0.493 e. The molecule has 0 amide bonds. The largest absolute Gasteiger partial charge is 0.493 e. The molecule has 0 unspecified atom stereocenters. The molecule has 0 aliphatic heterocycles. The highest BCUT2D eigenvalue weighted by atomic mass is 32.1. The van der Waals surface area contributed by atoms with Gasteiger partial charge in [-0.3, -0.25) is 0 Å². The van der Waals surface area contributed by atoms with Gasteiger partial charge in [-0.25, -0.2) is 4.98 Å². The molecule has 5 heteroatoms. The van der Waals surface area contributed by atoms with E-state index in [1.807, 2.05) is 18.2 Å². The minimum absolute atomic E-state index is 0.357. The van der Waals surface area contributed by atoms with Gasteiger partial charge in [-0.2, -0.15) is 0 Å². The molecule has 0 bridgehead atoms. The van der Waals surface area contributed by atoms with Gasteiger partial charge in [0.15, 0.2) is 11.5 Å². The van der Waals surface area contributed by atoms with Crippen molar-refractivity contribution in [1.82, 2.24) is 4.98 Å². The lowest BCUT2D eigenvalue weighted by atomic mass is 10.1. The average molecular weight is 292 g/mol. The maximum atomic E-state index is 5.82. The van der Waals surface area contributed by atoms with Crippen LogP contribution in [0.4, 0.5) is 0 Å². The van der Waals surface area contributed by atoms with Crippen LogP contribution in [0.3, 0.4) is 0 Å². The van der Waals surface area contributed by atoms with E-state index in [4.69, 9.17) is 20.2 Å². The van der Waals surface area contributed by atoms with Crippen molar-refractivity contribution in [3.8, 4) is 22.1 Å². The van der Waals surface area contributed by atoms with Gasteiger partial charge >= 0.3 is 0 Å². The third kappa shape index (κ3) is 2.64. The highest BCUT2D eigenvalue weighted by Crippen LogP contribution is 2.41. The van der Waals surface area contributed by atoms with Gasteiger partial charge in [-0.05, 0) is 18.1 Å². The molecule has 0 spiro atoms. The predicted molar refractivity (Wildman–Crippen MR) is 82.6 cm³/mol. The molecule has 1 aromatic heterocycles. The van der Waals surface area contributed by atoms with Crippen molar-refractivity contribution >= 4 is 11.3 Å². The third-order valence-corrected chi connectivity index (χ3v) is 4.22. The van der Waals surface area contributed by atoms with Crippen LogP contribution in [0.15, 0.2) is 18.2 Å². The molecule has 0 atom stereocenters. The van der Waals surface area contributed by atoms with E-state index in [1.165, 1.54) is 0 Å². The molecule has 0 fully saturated rings. The summed E-state index contributed by atoms with van der Waals surface area (Å²) >= 11 is 1.62. The zero-order chi connectivity index (χ0) is 14.7. The fraction of sp³-hybridized carbons (Fsp3) is 0.400. The Morgan fingerprint density at radius 1 is 1.25 bits per heavy atom. The van der Waals surface area contributed by atoms with Crippen molar-refractivity contribution in [1.29, 1.82) is 0 Å². The number of aromatic nitrogens is 1. The Hall–Kier alpha value is -1.59. The van der Waals surface area contributed by atoms with Gasteiger partial charge < -0.3 is 15.2 Å². The van der Waals surface area contributed by atoms with E-state index >= 15 is 0 Å². The molecule has 0 aliphatic rings. The quantitative estimate of drug-likeness (QED) is 0.917. The summed E-state index contributed by atoms with van der Waals surface area (Å²) in [6.07, 6.45) is 0. The number of nitrogens with two attached hydrogens (primary N) is 1. The molecule has 2 N–H and O–H groups in total. The van der Waals surface area contributed by atoms with Crippen molar-refractivity contribution in [3.05, 3.63) is 28.8 Å². The standard InChI is InChI=1S/C15H20N2O2S/c1-9(2)13-12(8-16)20-15(17-13)10-6-5-7-11(18-3)14(10)19-4/h5-7,9H,8,16H2,1-4H3. The average Bonchev–Trinajstić information content (AvgIpc) is 2.90. The first-order valence-electron chi connectivity index (χ1n) is 6.53. The second kappa shape index (κ2) is 6.24. The molecule has 0 saturated carbocycles. The topological polar surface area (TPSA) is 57.4 Å². The van der Waals surface area contributed by atoms with E-state index in [-0.39, 0.29) is 0 Å². The number of nitrogens with zero attached hydrogens (tertiary/aromatic N) is 1. The zero-order valence-electron chi connectivity index (χ0n) is 12.3. The predicted octanol–water partition coefficient (Wildman–Crippen LogP) is 3.41. The fourth-order valence-corrected chi connectivity index (χ4v) is 3.25. The molecule has 2 rings (SSSR count). The summed E-state index contributed by atoms with van der Waals surface area (Å²) in [6.45, 7) is 4.76. The van der Waals surface area contributed by atoms with Crippen LogP contribution in [0.5, 0.6) is 11.5 Å². The van der Waals surface area contributed by atoms with E-state index in [1.54, 1.807) is 25.6 Å². The van der Waals surface area contributed by atoms with Gasteiger partial charge in [-0.1, -0.05) is 19.9 Å². The first kappa shape index (κ1) is 14.8. The lowest BCUT2D eigenvalue weighted by molar-refractivity contribution is 0.356. The molecular formula is C15H20N2O2S. The molecule has 108 valence electrons. The van der Waals surface area contributed by atoms with Crippen molar-refractivity contribution < 1.29 is 9.47 Å².